The number of esters is 3. The molecule has 0 saturated carbocycles. The highest BCUT2D eigenvalue weighted by molar-refractivity contribution is 7.18. The predicted octanol–water partition coefficient (Wildman–Crippen LogP) is 3.69. The van der Waals surface area contributed by atoms with Crippen molar-refractivity contribution >= 4 is 45.9 Å². The van der Waals surface area contributed by atoms with Gasteiger partial charge in [-0.15, -0.1) is 11.3 Å². The molecule has 182 valence electrons. The van der Waals surface area contributed by atoms with Crippen molar-refractivity contribution in [1.29, 1.82) is 0 Å². The molecule has 34 heavy (non-hydrogen) atoms. The highest BCUT2D eigenvalue weighted by Crippen LogP contribution is 2.34. The number of nitrogens with one attached hydrogen (secondary N) is 1. The van der Waals surface area contributed by atoms with Crippen LogP contribution < -0.4 is 5.32 Å². The zero-order valence-electron chi connectivity index (χ0n) is 18.9. The molecule has 0 bridgehead atoms. The van der Waals surface area contributed by atoms with Crippen LogP contribution in [-0.4, -0.2) is 49.4 Å². The predicted molar refractivity (Wildman–Crippen MR) is 121 cm³/mol. The average Bonchev–Trinajstić information content (AvgIpc) is 3.12. The number of rotatable bonds is 11. The van der Waals surface area contributed by atoms with Crippen molar-refractivity contribution in [2.75, 3.05) is 25.1 Å². The second-order valence-electron chi connectivity index (χ2n) is 6.84. The van der Waals surface area contributed by atoms with E-state index in [1.807, 2.05) is 0 Å². The lowest BCUT2D eigenvalue weighted by atomic mass is 10.1. The molecule has 0 fully saturated rings. The topological polar surface area (TPSA) is 125 Å². The van der Waals surface area contributed by atoms with Crippen molar-refractivity contribution < 1.29 is 42.6 Å². The average molecular weight is 494 g/mol. The second-order valence-corrected chi connectivity index (χ2v) is 7.86. The van der Waals surface area contributed by atoms with E-state index in [4.69, 9.17) is 14.2 Å². The summed E-state index contributed by atoms with van der Waals surface area (Å²) < 4.78 is 27.8. The fourth-order valence-corrected chi connectivity index (χ4v) is 3.92. The number of ether oxygens (including phenoxy) is 3. The van der Waals surface area contributed by atoms with Crippen LogP contribution in [0, 0.1) is 12.7 Å². The van der Waals surface area contributed by atoms with E-state index in [0.29, 0.717) is 5.56 Å². The summed E-state index contributed by atoms with van der Waals surface area (Å²) in [5.74, 6) is -3.76. The number of carbonyl (C=O) groups excluding carboxylic acids is 5. The summed E-state index contributed by atoms with van der Waals surface area (Å²) >= 11 is 0.845. The van der Waals surface area contributed by atoms with Crippen molar-refractivity contribution in [2.45, 2.75) is 33.6 Å². The Kier molecular flexibility index (Phi) is 9.87. The van der Waals surface area contributed by atoms with E-state index in [1.165, 1.54) is 19.1 Å². The van der Waals surface area contributed by atoms with Crippen LogP contribution >= 0.6 is 11.3 Å². The Bertz CT molecular complexity index is 1080. The molecule has 1 N–H and O–H groups in total. The summed E-state index contributed by atoms with van der Waals surface area (Å²) in [4.78, 5) is 60.9. The maximum absolute atomic E-state index is 12.9. The smallest absolute Gasteiger partial charge is 0.348 e. The minimum atomic E-state index is -0.786. The van der Waals surface area contributed by atoms with Gasteiger partial charge in [0.1, 0.15) is 15.7 Å². The van der Waals surface area contributed by atoms with Gasteiger partial charge in [0.25, 0.3) is 5.91 Å². The van der Waals surface area contributed by atoms with Crippen molar-refractivity contribution in [3.63, 3.8) is 0 Å². The molecule has 0 aliphatic heterocycles. The van der Waals surface area contributed by atoms with Gasteiger partial charge >= 0.3 is 17.9 Å². The van der Waals surface area contributed by atoms with Gasteiger partial charge in [0.05, 0.1) is 25.2 Å². The Balaban J connectivity index is 1.97. The van der Waals surface area contributed by atoms with Crippen molar-refractivity contribution in [3.05, 3.63) is 51.7 Å². The molecule has 2 rings (SSSR count). The number of hydrogen-bond donors (Lipinski definition) is 1. The standard InChI is InChI=1S/C23H24FNO8S/c1-4-31-22(29)19-13(3)20(23(30)32-5-2)34-21(19)25-17(27)12-33-18(28)11-10-16(26)14-6-8-15(24)9-7-14/h6-9H,4-5,10-12H2,1-3H3,(H,25,27). The molecule has 1 aromatic heterocycles. The van der Waals surface area contributed by atoms with E-state index >= 15 is 0 Å². The SMILES string of the molecule is CCOC(=O)c1sc(NC(=O)COC(=O)CCC(=O)c2ccc(F)cc2)c(C(=O)OCC)c1C. The number of halogens is 1. The Morgan fingerprint density at radius 3 is 2.15 bits per heavy atom. The van der Waals surface area contributed by atoms with Gasteiger partial charge in [-0.05, 0) is 50.6 Å². The van der Waals surface area contributed by atoms with Crippen molar-refractivity contribution in [3.8, 4) is 0 Å². The van der Waals surface area contributed by atoms with Gasteiger partial charge in [0.2, 0.25) is 0 Å². The normalized spacial score (nSPS) is 10.4. The largest absolute Gasteiger partial charge is 0.462 e. The molecule has 0 aliphatic carbocycles. The zero-order chi connectivity index (χ0) is 25.3. The molecule has 11 heteroatoms. The number of amides is 1. The van der Waals surface area contributed by atoms with Crippen LogP contribution in [0.5, 0.6) is 0 Å². The minimum Gasteiger partial charge on any atom is -0.462 e. The number of thiophene rings is 1. The van der Waals surface area contributed by atoms with Crippen molar-refractivity contribution in [2.24, 2.45) is 0 Å². The summed E-state index contributed by atoms with van der Waals surface area (Å²) in [7, 11) is 0. The summed E-state index contributed by atoms with van der Waals surface area (Å²) in [6.45, 7) is 4.33. The Morgan fingerprint density at radius 1 is 0.912 bits per heavy atom. The lowest BCUT2D eigenvalue weighted by molar-refractivity contribution is -0.147. The first-order valence-electron chi connectivity index (χ1n) is 10.4. The number of carbonyl (C=O) groups is 5. The second kappa shape index (κ2) is 12.6. The lowest BCUT2D eigenvalue weighted by Crippen LogP contribution is -2.22. The van der Waals surface area contributed by atoms with Crippen LogP contribution in [0.4, 0.5) is 9.39 Å². The summed E-state index contributed by atoms with van der Waals surface area (Å²) in [5, 5.41) is 2.51. The quantitative estimate of drug-likeness (QED) is 0.285. The highest BCUT2D eigenvalue weighted by Gasteiger charge is 2.27. The molecule has 0 spiro atoms. The van der Waals surface area contributed by atoms with Crippen molar-refractivity contribution in [1.82, 2.24) is 0 Å². The van der Waals surface area contributed by atoms with Gasteiger partial charge in [0.15, 0.2) is 12.4 Å². The molecule has 0 atom stereocenters. The van der Waals surface area contributed by atoms with Crippen LogP contribution in [0.15, 0.2) is 24.3 Å². The number of Topliss-reactive ketones (excluding diaryl/α,β-unsaturated/α-hetero) is 1. The molecular weight excluding hydrogens is 469 g/mol. The molecule has 2 aromatic rings. The molecule has 1 heterocycles. The fraction of sp³-hybridized carbons (Fsp3) is 0.348. The zero-order valence-corrected chi connectivity index (χ0v) is 19.7. The van der Waals surface area contributed by atoms with Crippen LogP contribution in [0.1, 0.15) is 62.6 Å². The number of anilines is 1. The Labute approximate surface area is 199 Å². The molecule has 0 aliphatic rings. The summed E-state index contributed by atoms with van der Waals surface area (Å²) in [5.41, 5.74) is 0.567. The fourth-order valence-electron chi connectivity index (χ4n) is 2.82. The van der Waals surface area contributed by atoms with E-state index in [9.17, 15) is 28.4 Å². The van der Waals surface area contributed by atoms with Crippen LogP contribution in [0.25, 0.3) is 0 Å². The Morgan fingerprint density at radius 2 is 1.53 bits per heavy atom. The van der Waals surface area contributed by atoms with E-state index in [1.54, 1.807) is 13.8 Å². The first kappa shape index (κ1) is 26.7. The lowest BCUT2D eigenvalue weighted by Gasteiger charge is -2.08. The number of ketones is 1. The van der Waals surface area contributed by atoms with Gasteiger partial charge in [-0.3, -0.25) is 14.4 Å². The molecule has 1 amide bonds. The van der Waals surface area contributed by atoms with Gasteiger partial charge in [-0.2, -0.15) is 0 Å². The van der Waals surface area contributed by atoms with Gasteiger partial charge in [-0.1, -0.05) is 0 Å². The third kappa shape index (κ3) is 7.20. The van der Waals surface area contributed by atoms with E-state index < -0.39 is 36.2 Å². The first-order valence-corrected chi connectivity index (χ1v) is 11.2. The van der Waals surface area contributed by atoms with Gasteiger partial charge < -0.3 is 19.5 Å². The molecular formula is C23H24FNO8S. The first-order chi connectivity index (χ1) is 16.2. The molecule has 0 saturated heterocycles. The maximum atomic E-state index is 12.9. The Hall–Kier alpha value is -3.60. The van der Waals surface area contributed by atoms with Crippen LogP contribution in [-0.2, 0) is 23.8 Å². The molecule has 9 nitrogen and oxygen atoms in total. The molecule has 0 radical (unpaired) electrons. The van der Waals surface area contributed by atoms with E-state index in [2.05, 4.69) is 5.32 Å². The van der Waals surface area contributed by atoms with Gasteiger partial charge in [-0.25, -0.2) is 14.0 Å². The third-order valence-electron chi connectivity index (χ3n) is 4.43. The van der Waals surface area contributed by atoms with E-state index in [-0.39, 0.29) is 52.8 Å². The van der Waals surface area contributed by atoms with Gasteiger partial charge in [0, 0.05) is 12.0 Å². The minimum absolute atomic E-state index is 0.0134. The molecule has 0 unspecified atom stereocenters. The molecule has 1 aromatic carbocycles. The highest BCUT2D eigenvalue weighted by atomic mass is 32.1. The monoisotopic (exact) mass is 493 g/mol. The van der Waals surface area contributed by atoms with Crippen LogP contribution in [0.2, 0.25) is 0 Å². The van der Waals surface area contributed by atoms with Crippen LogP contribution in [0.3, 0.4) is 0 Å². The summed E-state index contributed by atoms with van der Waals surface area (Å²) in [6, 6.07) is 4.90. The van der Waals surface area contributed by atoms with E-state index in [0.717, 1.165) is 23.5 Å². The number of hydrogen-bond acceptors (Lipinski definition) is 9. The number of benzene rings is 1. The maximum Gasteiger partial charge on any atom is 0.348 e. The summed E-state index contributed by atoms with van der Waals surface area (Å²) in [6.07, 6.45) is -0.450. The third-order valence-corrected chi connectivity index (χ3v) is 5.61.